The number of hydrogen-bond acceptors (Lipinski definition) is 8. The molecule has 3 aromatic rings. The molecule has 3 atom stereocenters. The van der Waals surface area contributed by atoms with Crippen LogP contribution in [0, 0.1) is 0 Å². The van der Waals surface area contributed by atoms with Crippen LogP contribution in [0.2, 0.25) is 0 Å². The van der Waals surface area contributed by atoms with Gasteiger partial charge in [-0.05, 0) is 53.8 Å². The van der Waals surface area contributed by atoms with E-state index in [1.807, 2.05) is 30.3 Å². The Morgan fingerprint density at radius 3 is 2.44 bits per heavy atom. The molecule has 2 aromatic carbocycles. The number of hydroxylamine groups is 1. The van der Waals surface area contributed by atoms with Crippen LogP contribution in [-0.2, 0) is 26.1 Å². The van der Waals surface area contributed by atoms with Crippen molar-refractivity contribution in [1.82, 2.24) is 15.1 Å². The van der Waals surface area contributed by atoms with E-state index in [4.69, 9.17) is 9.47 Å². The van der Waals surface area contributed by atoms with Crippen molar-refractivity contribution in [3.05, 3.63) is 82.0 Å². The number of amides is 2. The largest absolute Gasteiger partial charge is 0.497 e. The van der Waals surface area contributed by atoms with Crippen LogP contribution < -0.4 is 15.5 Å². The van der Waals surface area contributed by atoms with Crippen LogP contribution >= 0.6 is 11.3 Å². The van der Waals surface area contributed by atoms with Crippen LogP contribution in [0.4, 0.5) is 4.79 Å². The Bertz CT molecular complexity index is 1330. The van der Waals surface area contributed by atoms with E-state index in [1.54, 1.807) is 18.4 Å². The molecule has 0 radical (unpaired) electrons. The Morgan fingerprint density at radius 2 is 1.81 bits per heavy atom. The van der Waals surface area contributed by atoms with Crippen LogP contribution in [0.3, 0.4) is 0 Å². The summed E-state index contributed by atoms with van der Waals surface area (Å²) in [6.07, 6.45) is -2.13. The van der Waals surface area contributed by atoms with Crippen molar-refractivity contribution in [3.8, 4) is 5.75 Å². The Balaban J connectivity index is 1.67. The maximum Gasteiger partial charge on any atom is 0.408 e. The van der Waals surface area contributed by atoms with Gasteiger partial charge in [-0.1, -0.05) is 30.3 Å². The standard InChI is InChI=1S/C24H25N3O7S2/c1-15(16-6-4-3-5-7-16)25-24(29)34-21-20(23(28)26-30)27(14-17-12-13-35-22(17)21)36(31,32)19-10-8-18(33-2)9-11-19/h3-13,15,20-21,30H,14H2,1-2H3,(H,25,29)(H,26,28). The first-order chi connectivity index (χ1) is 17.3. The maximum atomic E-state index is 13.6. The van der Waals surface area contributed by atoms with E-state index >= 15 is 0 Å². The number of ether oxygens (including phenoxy) is 2. The molecule has 1 aliphatic heterocycles. The molecule has 0 aliphatic carbocycles. The number of sulfonamides is 1. The Kier molecular flexibility index (Phi) is 7.59. The molecule has 2 amide bonds. The highest BCUT2D eigenvalue weighted by molar-refractivity contribution is 7.89. The number of benzene rings is 2. The van der Waals surface area contributed by atoms with Gasteiger partial charge in [-0.2, -0.15) is 4.31 Å². The van der Waals surface area contributed by atoms with Gasteiger partial charge in [-0.25, -0.2) is 18.7 Å². The SMILES string of the molecule is COc1ccc(S(=O)(=O)N2Cc3ccsc3C(OC(=O)NC(C)c3ccccc3)C2C(=O)NO)cc1. The highest BCUT2D eigenvalue weighted by Crippen LogP contribution is 2.41. The molecule has 2 heterocycles. The first kappa shape index (κ1) is 25.6. The summed E-state index contributed by atoms with van der Waals surface area (Å²) in [7, 11) is -2.79. The molecule has 4 rings (SSSR count). The van der Waals surface area contributed by atoms with E-state index in [0.717, 1.165) is 9.87 Å². The minimum absolute atomic E-state index is 0.0846. The van der Waals surface area contributed by atoms with Crippen LogP contribution in [-0.4, -0.2) is 43.1 Å². The zero-order valence-corrected chi connectivity index (χ0v) is 21.1. The molecular weight excluding hydrogens is 506 g/mol. The van der Waals surface area contributed by atoms with Gasteiger partial charge in [0.2, 0.25) is 10.0 Å². The highest BCUT2D eigenvalue weighted by Gasteiger charge is 2.48. The van der Waals surface area contributed by atoms with Gasteiger partial charge in [-0.3, -0.25) is 10.0 Å². The smallest absolute Gasteiger partial charge is 0.408 e. The average molecular weight is 532 g/mol. The summed E-state index contributed by atoms with van der Waals surface area (Å²) in [5.41, 5.74) is 2.95. The zero-order chi connectivity index (χ0) is 25.9. The average Bonchev–Trinajstić information content (AvgIpc) is 3.37. The summed E-state index contributed by atoms with van der Waals surface area (Å²) in [5.74, 6) is -0.567. The third-order valence-corrected chi connectivity index (χ3v) is 8.74. The first-order valence-corrected chi connectivity index (χ1v) is 13.3. The second kappa shape index (κ2) is 10.7. The molecule has 0 fully saturated rings. The topological polar surface area (TPSA) is 134 Å². The summed E-state index contributed by atoms with van der Waals surface area (Å²) < 4.78 is 38.9. The predicted molar refractivity (Wildman–Crippen MR) is 131 cm³/mol. The molecule has 0 bridgehead atoms. The molecule has 36 heavy (non-hydrogen) atoms. The molecule has 0 saturated heterocycles. The van der Waals surface area contributed by atoms with Crippen molar-refractivity contribution < 1.29 is 32.7 Å². The summed E-state index contributed by atoms with van der Waals surface area (Å²) in [6, 6.07) is 14.6. The summed E-state index contributed by atoms with van der Waals surface area (Å²) >= 11 is 1.23. The fraction of sp³-hybridized carbons (Fsp3) is 0.250. The quantitative estimate of drug-likeness (QED) is 0.314. The summed E-state index contributed by atoms with van der Waals surface area (Å²) in [4.78, 5) is 26.1. The number of fused-ring (bicyclic) bond motifs is 1. The molecular formula is C24H25N3O7S2. The maximum absolute atomic E-state index is 13.6. The van der Waals surface area contributed by atoms with Crippen molar-refractivity contribution in [3.63, 3.8) is 0 Å². The van der Waals surface area contributed by atoms with Gasteiger partial charge < -0.3 is 14.8 Å². The van der Waals surface area contributed by atoms with Gasteiger partial charge >= 0.3 is 6.09 Å². The Labute approximate surface area is 212 Å². The fourth-order valence-corrected chi connectivity index (χ4v) is 6.55. The molecule has 12 heteroatoms. The second-order valence-electron chi connectivity index (χ2n) is 8.06. The van der Waals surface area contributed by atoms with Crippen LogP contribution in [0.25, 0.3) is 0 Å². The third kappa shape index (κ3) is 5.07. The van der Waals surface area contributed by atoms with E-state index in [-0.39, 0.29) is 11.4 Å². The molecule has 10 nitrogen and oxygen atoms in total. The summed E-state index contributed by atoms with van der Waals surface area (Å²) in [6.45, 7) is 1.62. The van der Waals surface area contributed by atoms with Gasteiger partial charge in [0.1, 0.15) is 11.8 Å². The van der Waals surface area contributed by atoms with E-state index in [2.05, 4.69) is 5.32 Å². The van der Waals surface area contributed by atoms with Crippen LogP contribution in [0.1, 0.15) is 35.1 Å². The number of carbonyl (C=O) groups excluding carboxylic acids is 2. The van der Waals surface area contributed by atoms with Gasteiger partial charge in [-0.15, -0.1) is 11.3 Å². The second-order valence-corrected chi connectivity index (χ2v) is 10.9. The van der Waals surface area contributed by atoms with Gasteiger partial charge in [0, 0.05) is 6.54 Å². The van der Waals surface area contributed by atoms with Crippen molar-refractivity contribution in [1.29, 1.82) is 0 Å². The van der Waals surface area contributed by atoms with E-state index < -0.39 is 40.2 Å². The van der Waals surface area contributed by atoms with Gasteiger partial charge in [0.05, 0.1) is 22.9 Å². The monoisotopic (exact) mass is 531 g/mol. The fourth-order valence-electron chi connectivity index (χ4n) is 4.01. The minimum atomic E-state index is -4.25. The zero-order valence-electron chi connectivity index (χ0n) is 19.5. The number of carbonyl (C=O) groups is 2. The highest BCUT2D eigenvalue weighted by atomic mass is 32.2. The van der Waals surface area contributed by atoms with Gasteiger partial charge in [0.25, 0.3) is 5.91 Å². The molecule has 3 unspecified atom stereocenters. The van der Waals surface area contributed by atoms with Crippen molar-refractivity contribution in [2.24, 2.45) is 0 Å². The normalized spacial score (nSPS) is 18.5. The number of alkyl carbamates (subject to hydrolysis) is 1. The molecule has 1 aromatic heterocycles. The molecule has 0 saturated carbocycles. The van der Waals surface area contributed by atoms with Crippen LogP contribution in [0.5, 0.6) is 5.75 Å². The lowest BCUT2D eigenvalue weighted by molar-refractivity contribution is -0.137. The molecule has 1 aliphatic rings. The van der Waals surface area contributed by atoms with Crippen molar-refractivity contribution in [2.45, 2.75) is 36.6 Å². The third-order valence-electron chi connectivity index (χ3n) is 5.88. The number of nitrogens with zero attached hydrogens (tertiary/aromatic N) is 1. The summed E-state index contributed by atoms with van der Waals surface area (Å²) in [5, 5.41) is 13.9. The van der Waals surface area contributed by atoms with E-state index in [1.165, 1.54) is 48.2 Å². The molecule has 190 valence electrons. The molecule has 3 N–H and O–H groups in total. The Morgan fingerprint density at radius 1 is 1.11 bits per heavy atom. The van der Waals surface area contributed by atoms with E-state index in [9.17, 15) is 23.2 Å². The lowest BCUT2D eigenvalue weighted by Gasteiger charge is -2.38. The van der Waals surface area contributed by atoms with Crippen molar-refractivity contribution in [2.75, 3.05) is 7.11 Å². The number of rotatable bonds is 7. The first-order valence-electron chi connectivity index (χ1n) is 10.9. The number of methoxy groups -OCH3 is 1. The van der Waals surface area contributed by atoms with Crippen molar-refractivity contribution >= 4 is 33.4 Å². The van der Waals surface area contributed by atoms with E-state index in [0.29, 0.717) is 16.2 Å². The van der Waals surface area contributed by atoms with Gasteiger partial charge in [0.15, 0.2) is 6.10 Å². The number of thiophene rings is 1. The minimum Gasteiger partial charge on any atom is -0.497 e. The predicted octanol–water partition coefficient (Wildman–Crippen LogP) is 3.36. The lowest BCUT2D eigenvalue weighted by atomic mass is 10.0. The number of nitrogens with one attached hydrogen (secondary N) is 2. The number of hydrogen-bond donors (Lipinski definition) is 3. The Hall–Kier alpha value is -3.45. The lowest BCUT2D eigenvalue weighted by Crippen LogP contribution is -2.54. The van der Waals surface area contributed by atoms with Crippen LogP contribution in [0.15, 0.2) is 70.9 Å². The molecule has 0 spiro atoms.